The maximum absolute atomic E-state index is 14.0. The second kappa shape index (κ2) is 10.2. The molecule has 0 aliphatic carbocycles. The number of alkyl halides is 2. The van der Waals surface area contributed by atoms with E-state index in [1.165, 1.54) is 0 Å². The van der Waals surface area contributed by atoms with Crippen molar-refractivity contribution in [2.45, 2.75) is 6.61 Å². The average Bonchev–Trinajstić information content (AvgIpc) is 2.76. The van der Waals surface area contributed by atoms with Gasteiger partial charge in [-0.1, -0.05) is 40.9 Å². The van der Waals surface area contributed by atoms with E-state index in [2.05, 4.69) is 14.7 Å². The van der Waals surface area contributed by atoms with Crippen LogP contribution in [0.25, 0.3) is 17.1 Å². The van der Waals surface area contributed by atoms with E-state index >= 15 is 0 Å². The molecular weight excluding hydrogens is 557 g/mol. The molecule has 186 valence electrons. The van der Waals surface area contributed by atoms with Gasteiger partial charge >= 0.3 is 18.1 Å². The number of rotatable bonds is 6. The van der Waals surface area contributed by atoms with E-state index in [1.54, 1.807) is 0 Å². The highest BCUT2D eigenvalue weighted by Crippen LogP contribution is 2.40. The van der Waals surface area contributed by atoms with Gasteiger partial charge in [-0.05, 0) is 24.3 Å². The third-order valence-electron chi connectivity index (χ3n) is 4.38. The van der Waals surface area contributed by atoms with Crippen molar-refractivity contribution >= 4 is 34.8 Å². The van der Waals surface area contributed by atoms with Gasteiger partial charge in [0, 0.05) is 6.07 Å². The molecule has 0 unspecified atom stereocenters. The Kier molecular flexibility index (Phi) is 7.20. The summed E-state index contributed by atoms with van der Waals surface area (Å²) in [6.07, 6.45) is 0.917. The molecule has 2 aromatic carbocycles. The molecule has 0 amide bonds. The van der Waals surface area contributed by atoms with Crippen LogP contribution in [0.3, 0.4) is 0 Å². The van der Waals surface area contributed by atoms with Crippen LogP contribution in [-0.2, 0) is 0 Å². The number of halogens is 7. The van der Waals surface area contributed by atoms with Gasteiger partial charge in [0.05, 0.1) is 21.9 Å². The van der Waals surface area contributed by atoms with E-state index in [1.807, 2.05) is 0 Å². The maximum atomic E-state index is 14.0. The monoisotopic (exact) mass is 563 g/mol. The van der Waals surface area contributed by atoms with Gasteiger partial charge in [-0.2, -0.15) is 18.3 Å². The molecular formula is C21H8Cl3F4N3O5. The molecule has 0 N–H and O–H groups in total. The molecule has 4 aromatic rings. The third-order valence-corrected chi connectivity index (χ3v) is 5.21. The van der Waals surface area contributed by atoms with Crippen molar-refractivity contribution in [1.29, 1.82) is 0 Å². The minimum Gasteiger partial charge on any atom is -0.434 e. The Morgan fingerprint density at radius 2 is 1.61 bits per heavy atom. The van der Waals surface area contributed by atoms with Crippen LogP contribution in [0.2, 0.25) is 15.1 Å². The van der Waals surface area contributed by atoms with Gasteiger partial charge in [-0.3, -0.25) is 0 Å². The van der Waals surface area contributed by atoms with Gasteiger partial charge in [0.1, 0.15) is 28.0 Å². The smallest absolute Gasteiger partial charge is 0.429 e. The van der Waals surface area contributed by atoms with Crippen molar-refractivity contribution in [3.05, 3.63) is 90.3 Å². The SMILES string of the molecule is O=c1nc(-c2c(F)cccc2F)oc(=O)n1-c1cc(Cl)c(Oc2ncc(OC(F)F)cc2Cl)c(Cl)c1. The van der Waals surface area contributed by atoms with Gasteiger partial charge in [-0.25, -0.2) is 23.4 Å². The Balaban J connectivity index is 1.70. The molecule has 8 nitrogen and oxygen atoms in total. The number of benzene rings is 2. The fraction of sp³-hybridized carbons (Fsp3) is 0.0476. The first-order valence-corrected chi connectivity index (χ1v) is 10.5. The topological polar surface area (TPSA) is 96.5 Å². The van der Waals surface area contributed by atoms with Crippen molar-refractivity contribution in [2.75, 3.05) is 0 Å². The van der Waals surface area contributed by atoms with Gasteiger partial charge in [-0.15, -0.1) is 0 Å². The van der Waals surface area contributed by atoms with Crippen LogP contribution in [0.15, 0.2) is 56.6 Å². The maximum Gasteiger partial charge on any atom is 0.429 e. The van der Waals surface area contributed by atoms with Gasteiger partial charge in [0.25, 0.3) is 0 Å². The summed E-state index contributed by atoms with van der Waals surface area (Å²) in [5.41, 5.74) is -2.26. The zero-order chi connectivity index (χ0) is 26.1. The van der Waals surface area contributed by atoms with Crippen molar-refractivity contribution in [1.82, 2.24) is 14.5 Å². The summed E-state index contributed by atoms with van der Waals surface area (Å²) in [5, 5.41) is -0.695. The van der Waals surface area contributed by atoms with Crippen molar-refractivity contribution in [2.24, 2.45) is 0 Å². The molecule has 0 aliphatic heterocycles. The van der Waals surface area contributed by atoms with Crippen molar-refractivity contribution in [3.8, 4) is 34.5 Å². The van der Waals surface area contributed by atoms with Crippen LogP contribution < -0.4 is 20.9 Å². The molecule has 0 atom stereocenters. The number of pyridine rings is 1. The zero-order valence-electron chi connectivity index (χ0n) is 17.1. The highest BCUT2D eigenvalue weighted by Gasteiger charge is 2.21. The van der Waals surface area contributed by atoms with Crippen LogP contribution in [-0.4, -0.2) is 21.1 Å². The minimum atomic E-state index is -3.10. The molecule has 36 heavy (non-hydrogen) atoms. The third kappa shape index (κ3) is 5.15. The Labute approximate surface area is 212 Å². The lowest BCUT2D eigenvalue weighted by molar-refractivity contribution is -0.0501. The van der Waals surface area contributed by atoms with Crippen LogP contribution >= 0.6 is 34.8 Å². The molecule has 2 heterocycles. The van der Waals surface area contributed by atoms with E-state index < -0.39 is 41.1 Å². The Morgan fingerprint density at radius 3 is 2.17 bits per heavy atom. The lowest BCUT2D eigenvalue weighted by atomic mass is 10.2. The van der Waals surface area contributed by atoms with E-state index in [0.717, 1.165) is 42.6 Å². The highest BCUT2D eigenvalue weighted by molar-refractivity contribution is 6.37. The average molecular weight is 565 g/mol. The van der Waals surface area contributed by atoms with Crippen molar-refractivity contribution in [3.63, 3.8) is 0 Å². The molecule has 4 rings (SSSR count). The van der Waals surface area contributed by atoms with Gasteiger partial charge in [0.15, 0.2) is 5.75 Å². The number of aromatic nitrogens is 3. The minimum absolute atomic E-state index is 0.213. The summed E-state index contributed by atoms with van der Waals surface area (Å²) in [4.78, 5) is 32.2. The first-order chi connectivity index (χ1) is 17.0. The normalized spacial score (nSPS) is 11.1. The zero-order valence-corrected chi connectivity index (χ0v) is 19.4. The van der Waals surface area contributed by atoms with Gasteiger partial charge < -0.3 is 13.9 Å². The summed E-state index contributed by atoms with van der Waals surface area (Å²) in [5.74, 6) is -5.22. The number of hydrogen-bond donors (Lipinski definition) is 0. The Bertz CT molecular complexity index is 1520. The van der Waals surface area contributed by atoms with E-state index in [9.17, 15) is 27.2 Å². The fourth-order valence-corrected chi connectivity index (χ4v) is 3.66. The molecule has 0 radical (unpaired) electrons. The molecule has 0 saturated heterocycles. The molecule has 15 heteroatoms. The van der Waals surface area contributed by atoms with Crippen LogP contribution in [0.5, 0.6) is 17.4 Å². The number of hydrogen-bond acceptors (Lipinski definition) is 7. The molecule has 0 saturated carbocycles. The van der Waals surface area contributed by atoms with E-state index in [-0.39, 0.29) is 38.1 Å². The molecule has 0 bridgehead atoms. The Morgan fingerprint density at radius 1 is 0.972 bits per heavy atom. The van der Waals surface area contributed by atoms with Crippen LogP contribution in [0, 0.1) is 11.6 Å². The van der Waals surface area contributed by atoms with E-state index in [0.29, 0.717) is 4.57 Å². The predicted octanol–water partition coefficient (Wildman–Crippen LogP) is 5.88. The van der Waals surface area contributed by atoms with E-state index in [4.69, 9.17) is 44.0 Å². The second-order valence-electron chi connectivity index (χ2n) is 6.68. The fourth-order valence-electron chi connectivity index (χ4n) is 2.91. The summed E-state index contributed by atoms with van der Waals surface area (Å²) in [6.45, 7) is -3.10. The highest BCUT2D eigenvalue weighted by atomic mass is 35.5. The number of nitrogens with zero attached hydrogens (tertiary/aromatic N) is 3. The second-order valence-corrected chi connectivity index (χ2v) is 7.90. The first-order valence-electron chi connectivity index (χ1n) is 9.41. The first kappa shape index (κ1) is 25.5. The summed E-state index contributed by atoms with van der Waals surface area (Å²) in [6, 6.07) is 6.04. The predicted molar refractivity (Wildman–Crippen MR) is 120 cm³/mol. The standard InChI is InChI=1S/C21H8Cl3F4N3O5/c22-10-4-8(5-11(23)16(10)35-17-12(24)6-9(7-29-17)34-19(27)28)31-20(32)30-18(36-21(31)33)15-13(25)2-1-3-14(15)26/h1-7,19H. The summed E-state index contributed by atoms with van der Waals surface area (Å²) in [7, 11) is 0. The quantitative estimate of drug-likeness (QED) is 0.270. The molecule has 0 spiro atoms. The summed E-state index contributed by atoms with van der Waals surface area (Å²) < 4.78 is 67.6. The van der Waals surface area contributed by atoms with Crippen LogP contribution in [0.1, 0.15) is 0 Å². The lowest BCUT2D eigenvalue weighted by Gasteiger charge is -2.13. The summed E-state index contributed by atoms with van der Waals surface area (Å²) >= 11 is 18.3. The lowest BCUT2D eigenvalue weighted by Crippen LogP contribution is -2.33. The van der Waals surface area contributed by atoms with Gasteiger partial charge in [0.2, 0.25) is 11.8 Å². The van der Waals surface area contributed by atoms with Crippen LogP contribution in [0.4, 0.5) is 17.6 Å². The largest absolute Gasteiger partial charge is 0.434 e. The Hall–Kier alpha value is -3.61. The molecule has 0 aliphatic rings. The molecule has 2 aromatic heterocycles. The molecule has 0 fully saturated rings. The number of ether oxygens (including phenoxy) is 2. The van der Waals surface area contributed by atoms with Crippen molar-refractivity contribution < 1.29 is 31.5 Å².